The Balaban J connectivity index is 1.31. The van der Waals surface area contributed by atoms with Gasteiger partial charge >= 0.3 is 42.7 Å². The number of H-pyrrole nitrogens is 2. The average molecular weight is 790 g/mol. The molecule has 2 aliphatic heterocycles. The Hall–Kier alpha value is -2.32. The maximum atomic E-state index is 12.2. The van der Waals surface area contributed by atoms with Gasteiger partial charge in [-0.25, -0.2) is 27.8 Å². The minimum atomic E-state index is -6.24. The molecule has 2 aromatic heterocycles. The van der Waals surface area contributed by atoms with E-state index < -0.39 is 116 Å². The molecule has 0 bridgehead atoms. The number of hydrogen-bond donors (Lipinski definition) is 10. The number of aliphatic hydroxyl groups is 4. The van der Waals surface area contributed by atoms with Crippen molar-refractivity contribution in [3.8, 4) is 0 Å². The maximum absolute atomic E-state index is 12.2. The van der Waals surface area contributed by atoms with Crippen LogP contribution in [0.2, 0.25) is 0 Å². The van der Waals surface area contributed by atoms with Crippen molar-refractivity contribution in [2.75, 3.05) is 13.2 Å². The van der Waals surface area contributed by atoms with Crippen LogP contribution in [-0.4, -0.2) is 109 Å². The van der Waals surface area contributed by atoms with Crippen LogP contribution in [0.15, 0.2) is 43.7 Å². The molecular formula is C18H26N4O23P4. The molecule has 2 saturated heterocycles. The molecule has 2 aromatic rings. The van der Waals surface area contributed by atoms with E-state index in [1.54, 1.807) is 0 Å². The van der Waals surface area contributed by atoms with Crippen LogP contribution in [0.25, 0.3) is 0 Å². The van der Waals surface area contributed by atoms with Gasteiger partial charge in [-0.2, -0.15) is 12.9 Å². The standard InChI is InChI=1S/C18H26N4O23P4/c23-9-1-3-21(17(29)19-9)15-13(27)11(25)7(41-15)5-39-46(31,32)43-48(35,36)45-49(37,38)44-47(33,34)40-6-8-12(26)14(28)16(42-8)22-4-2-10(24)20-18(22)30/h1-4,7-8,11-16,25-28H,5-6H2,(H,31,32)(H,33,34)(H,35,36)(H,37,38)(H,19,23,29)(H,20,24,30)/t7-,8-,11-,12-,13-,14-,15-,16+/m1/s1. The lowest BCUT2D eigenvalue weighted by Crippen LogP contribution is -2.37. The van der Waals surface area contributed by atoms with Crippen molar-refractivity contribution in [3.05, 3.63) is 66.2 Å². The fourth-order valence-electron chi connectivity index (χ4n) is 4.25. The predicted molar refractivity (Wildman–Crippen MR) is 149 cm³/mol. The summed E-state index contributed by atoms with van der Waals surface area (Å²) >= 11 is 0. The lowest BCUT2D eigenvalue weighted by molar-refractivity contribution is -0.0544. The molecule has 4 rings (SSSR count). The summed E-state index contributed by atoms with van der Waals surface area (Å²) in [5.74, 6) is 0. The lowest BCUT2D eigenvalue weighted by atomic mass is 10.1. The van der Waals surface area contributed by atoms with Crippen molar-refractivity contribution in [3.63, 3.8) is 0 Å². The molecule has 0 saturated carbocycles. The normalized spacial score (nSPS) is 32.2. The van der Waals surface area contributed by atoms with Crippen molar-refractivity contribution < 1.29 is 89.7 Å². The molecule has 0 aliphatic carbocycles. The highest BCUT2D eigenvalue weighted by molar-refractivity contribution is 7.69. The Morgan fingerprint density at radius 2 is 0.918 bits per heavy atom. The number of nitrogens with zero attached hydrogens (tertiary/aromatic N) is 2. The number of aliphatic hydroxyl groups excluding tert-OH is 4. The molecular weight excluding hydrogens is 764 g/mol. The Bertz CT molecular complexity index is 1820. The van der Waals surface area contributed by atoms with Gasteiger partial charge in [0.25, 0.3) is 11.1 Å². The minimum Gasteiger partial charge on any atom is -0.387 e. The summed E-state index contributed by atoms with van der Waals surface area (Å²) in [5, 5.41) is 40.7. The minimum absolute atomic E-state index is 0.642. The smallest absolute Gasteiger partial charge is 0.387 e. The second kappa shape index (κ2) is 14.7. The van der Waals surface area contributed by atoms with Crippen LogP contribution in [0.3, 0.4) is 0 Å². The first-order valence-corrected chi connectivity index (χ1v) is 18.9. The molecule has 10 N–H and O–H groups in total. The highest BCUT2D eigenvalue weighted by Crippen LogP contribution is 2.71. The van der Waals surface area contributed by atoms with Gasteiger partial charge < -0.3 is 49.5 Å². The van der Waals surface area contributed by atoms with Crippen molar-refractivity contribution in [1.29, 1.82) is 0 Å². The summed E-state index contributed by atoms with van der Waals surface area (Å²) in [6, 6.07) is 1.73. The molecule has 2 fully saturated rings. The summed E-state index contributed by atoms with van der Waals surface area (Å²) in [4.78, 5) is 89.1. The lowest BCUT2D eigenvalue weighted by Gasteiger charge is -2.21. The van der Waals surface area contributed by atoms with Gasteiger partial charge in [0.05, 0.1) is 13.2 Å². The zero-order valence-electron chi connectivity index (χ0n) is 23.7. The van der Waals surface area contributed by atoms with Crippen LogP contribution in [0, 0.1) is 0 Å². The summed E-state index contributed by atoms with van der Waals surface area (Å²) in [6.07, 6.45) is -12.6. The van der Waals surface area contributed by atoms with Crippen LogP contribution in [0.1, 0.15) is 12.5 Å². The number of hydrogen-bond acceptors (Lipinski definition) is 19. The predicted octanol–water partition coefficient (Wildman–Crippen LogP) is -4.19. The van der Waals surface area contributed by atoms with E-state index >= 15 is 0 Å². The molecule has 4 unspecified atom stereocenters. The van der Waals surface area contributed by atoms with Crippen molar-refractivity contribution in [2.24, 2.45) is 0 Å². The first-order chi connectivity index (χ1) is 22.5. The zero-order valence-corrected chi connectivity index (χ0v) is 27.3. The quantitative estimate of drug-likeness (QED) is 0.0811. The van der Waals surface area contributed by atoms with Crippen molar-refractivity contribution in [1.82, 2.24) is 19.1 Å². The van der Waals surface area contributed by atoms with Gasteiger partial charge in [0.15, 0.2) is 12.5 Å². The van der Waals surface area contributed by atoms with E-state index in [1.165, 1.54) is 0 Å². The zero-order chi connectivity index (χ0) is 36.7. The largest absolute Gasteiger partial charge is 0.490 e. The third-order valence-electron chi connectivity index (χ3n) is 6.35. The Kier molecular flexibility index (Phi) is 11.9. The van der Waals surface area contributed by atoms with Crippen LogP contribution in [-0.2, 0) is 49.7 Å². The molecule has 0 amide bonds. The van der Waals surface area contributed by atoms with E-state index in [1.807, 2.05) is 9.97 Å². The molecule has 2 aliphatic rings. The van der Waals surface area contributed by atoms with Crippen LogP contribution >= 0.6 is 31.3 Å². The van der Waals surface area contributed by atoms with E-state index in [-0.39, 0.29) is 0 Å². The summed E-state index contributed by atoms with van der Waals surface area (Å²) in [6.45, 7) is -2.43. The highest BCUT2D eigenvalue weighted by Gasteiger charge is 2.49. The number of nitrogens with one attached hydrogen (secondary N) is 2. The van der Waals surface area contributed by atoms with Crippen molar-refractivity contribution in [2.45, 2.75) is 49.1 Å². The number of ether oxygens (including phenoxy) is 2. The SMILES string of the molecule is O=c1ccn([C@@H]2O[C@H](COP(=O)(O)OP(=O)(O)OP(=O)(O)OP(=O)(O)OC[C@H]3O[C@H](n4ccc(=O)[nH]c4=O)[C@H](O)[C@@H]3O)[C@@H](O)[C@H]2O)c(=O)[nH]1. The number of phosphoric acid groups is 4. The summed E-state index contributed by atoms with van der Waals surface area (Å²) in [5.41, 5.74) is -3.78. The van der Waals surface area contributed by atoms with Crippen LogP contribution < -0.4 is 22.5 Å². The molecule has 0 aromatic carbocycles. The van der Waals surface area contributed by atoms with Crippen molar-refractivity contribution >= 4 is 31.3 Å². The second-order valence-corrected chi connectivity index (χ2v) is 16.1. The van der Waals surface area contributed by atoms with Gasteiger partial charge in [-0.05, 0) is 0 Å². The Morgan fingerprint density at radius 1 is 0.592 bits per heavy atom. The number of aromatic nitrogens is 4. The molecule has 276 valence electrons. The fraction of sp³-hybridized carbons (Fsp3) is 0.556. The molecule has 27 nitrogen and oxygen atoms in total. The third kappa shape index (κ3) is 9.93. The number of phosphoric ester groups is 2. The molecule has 0 radical (unpaired) electrons. The molecule has 49 heavy (non-hydrogen) atoms. The topological polar surface area (TPSA) is 404 Å². The fourth-order valence-corrected chi connectivity index (χ4v) is 9.20. The maximum Gasteiger partial charge on any atom is 0.490 e. The molecule has 0 spiro atoms. The summed E-state index contributed by atoms with van der Waals surface area (Å²) < 4.78 is 80.5. The van der Waals surface area contributed by atoms with E-state index in [0.717, 1.165) is 24.5 Å². The van der Waals surface area contributed by atoms with E-state index in [4.69, 9.17) is 9.47 Å². The van der Waals surface area contributed by atoms with Crippen LogP contribution in [0.4, 0.5) is 0 Å². The van der Waals surface area contributed by atoms with Crippen LogP contribution in [0.5, 0.6) is 0 Å². The first-order valence-electron chi connectivity index (χ1n) is 12.9. The van der Waals surface area contributed by atoms with Gasteiger partial charge in [0, 0.05) is 24.5 Å². The van der Waals surface area contributed by atoms with Gasteiger partial charge in [-0.3, -0.25) is 37.7 Å². The third-order valence-corrected chi connectivity index (χ3v) is 12.3. The number of aromatic amines is 2. The summed E-state index contributed by atoms with van der Waals surface area (Å²) in [7, 11) is -24.1. The Morgan fingerprint density at radius 3 is 1.24 bits per heavy atom. The van der Waals surface area contributed by atoms with E-state index in [9.17, 15) is 77.4 Å². The molecule has 31 heteroatoms. The first kappa shape index (κ1) is 39.5. The van der Waals surface area contributed by atoms with Gasteiger partial charge in [-0.15, -0.1) is 0 Å². The van der Waals surface area contributed by atoms with Gasteiger partial charge in [0.1, 0.15) is 36.6 Å². The monoisotopic (exact) mass is 790 g/mol. The molecule has 12 atom stereocenters. The highest BCUT2D eigenvalue weighted by atomic mass is 31.3. The molecule has 4 heterocycles. The second-order valence-electron chi connectivity index (χ2n) is 9.84. The van der Waals surface area contributed by atoms with Gasteiger partial charge in [-0.1, -0.05) is 0 Å². The number of rotatable bonds is 14. The van der Waals surface area contributed by atoms with E-state index in [2.05, 4.69) is 22.0 Å². The average Bonchev–Trinajstić information content (AvgIpc) is 3.38. The van der Waals surface area contributed by atoms with E-state index in [0.29, 0.717) is 9.13 Å². The van der Waals surface area contributed by atoms with Gasteiger partial charge in [0.2, 0.25) is 0 Å². The Labute approximate surface area is 268 Å².